The van der Waals surface area contributed by atoms with Crippen LogP contribution in [0.1, 0.15) is 12.0 Å². The SMILES string of the molecule is COc1ccc(-c2nn(-c3ccccc3)cc2C=C2SC(=S)N(CCC(=O)O)C2=O)cc1Br. The van der Waals surface area contributed by atoms with Crippen molar-refractivity contribution in [2.24, 2.45) is 0 Å². The number of carboxylic acid groups (broad SMARTS) is 1. The van der Waals surface area contributed by atoms with Gasteiger partial charge in [-0.2, -0.15) is 5.10 Å². The first-order valence-corrected chi connectivity index (χ1v) is 11.9. The number of para-hydroxylation sites is 1. The van der Waals surface area contributed by atoms with Crippen LogP contribution in [0, 0.1) is 0 Å². The number of amides is 1. The summed E-state index contributed by atoms with van der Waals surface area (Å²) in [4.78, 5) is 25.6. The van der Waals surface area contributed by atoms with Gasteiger partial charge in [-0.3, -0.25) is 14.5 Å². The molecule has 1 fully saturated rings. The second-order valence-corrected chi connectivity index (χ2v) is 9.57. The van der Waals surface area contributed by atoms with Crippen LogP contribution in [0.5, 0.6) is 5.75 Å². The summed E-state index contributed by atoms with van der Waals surface area (Å²) >= 11 is 9.98. The van der Waals surface area contributed by atoms with Crippen LogP contribution in [0.3, 0.4) is 0 Å². The van der Waals surface area contributed by atoms with E-state index in [0.29, 0.717) is 20.7 Å². The van der Waals surface area contributed by atoms with E-state index in [9.17, 15) is 9.59 Å². The van der Waals surface area contributed by atoms with Crippen LogP contribution in [0.2, 0.25) is 0 Å². The summed E-state index contributed by atoms with van der Waals surface area (Å²) in [6.45, 7) is 0.0406. The van der Waals surface area contributed by atoms with E-state index in [4.69, 9.17) is 27.2 Å². The lowest BCUT2D eigenvalue weighted by molar-refractivity contribution is -0.137. The number of halogens is 1. The maximum atomic E-state index is 12.9. The Morgan fingerprint density at radius 3 is 2.70 bits per heavy atom. The van der Waals surface area contributed by atoms with E-state index in [1.165, 1.54) is 4.90 Å². The molecule has 0 atom stereocenters. The van der Waals surface area contributed by atoms with Gasteiger partial charge in [0.25, 0.3) is 5.91 Å². The summed E-state index contributed by atoms with van der Waals surface area (Å²) in [5.74, 6) is -0.591. The molecule has 2 aromatic carbocycles. The number of benzene rings is 2. The lowest BCUT2D eigenvalue weighted by atomic mass is 10.1. The van der Waals surface area contributed by atoms with Crippen molar-refractivity contribution in [3.05, 3.63) is 69.7 Å². The van der Waals surface area contributed by atoms with Crippen LogP contribution >= 0.6 is 39.9 Å². The summed E-state index contributed by atoms with van der Waals surface area (Å²) < 4.78 is 8.21. The van der Waals surface area contributed by atoms with Crippen LogP contribution in [-0.2, 0) is 9.59 Å². The normalized spacial score (nSPS) is 14.8. The van der Waals surface area contributed by atoms with Gasteiger partial charge < -0.3 is 9.84 Å². The van der Waals surface area contributed by atoms with E-state index in [0.717, 1.165) is 33.0 Å². The number of carbonyl (C=O) groups excluding carboxylic acids is 1. The Bertz CT molecular complexity index is 1270. The highest BCUT2D eigenvalue weighted by molar-refractivity contribution is 9.10. The second-order valence-electron chi connectivity index (χ2n) is 7.04. The number of thiocarbonyl (C=S) groups is 1. The van der Waals surface area contributed by atoms with Crippen molar-refractivity contribution in [2.45, 2.75) is 6.42 Å². The third kappa shape index (κ3) is 5.02. The van der Waals surface area contributed by atoms with Gasteiger partial charge in [0.1, 0.15) is 15.8 Å². The summed E-state index contributed by atoms with van der Waals surface area (Å²) in [6.07, 6.45) is 3.43. The van der Waals surface area contributed by atoms with Gasteiger partial charge in [-0.1, -0.05) is 42.2 Å². The monoisotopic (exact) mass is 543 g/mol. The topological polar surface area (TPSA) is 84.7 Å². The molecule has 1 amide bonds. The molecule has 7 nitrogen and oxygen atoms in total. The number of carboxylic acids is 1. The molecule has 1 aliphatic rings. The predicted molar refractivity (Wildman–Crippen MR) is 135 cm³/mol. The van der Waals surface area contributed by atoms with Gasteiger partial charge in [0.2, 0.25) is 0 Å². The average molecular weight is 544 g/mol. The summed E-state index contributed by atoms with van der Waals surface area (Å²) in [6, 6.07) is 15.3. The van der Waals surface area contributed by atoms with Gasteiger partial charge >= 0.3 is 5.97 Å². The van der Waals surface area contributed by atoms with Crippen LogP contribution in [0.15, 0.2) is 64.1 Å². The average Bonchev–Trinajstić information content (AvgIpc) is 3.33. The van der Waals surface area contributed by atoms with Gasteiger partial charge in [0.15, 0.2) is 0 Å². The van der Waals surface area contributed by atoms with Crippen molar-refractivity contribution in [3.8, 4) is 22.7 Å². The fourth-order valence-corrected chi connectivity index (χ4v) is 5.13. The lowest BCUT2D eigenvalue weighted by Gasteiger charge is -2.12. The zero-order valence-corrected chi connectivity index (χ0v) is 20.6. The molecule has 0 aliphatic carbocycles. The Hall–Kier alpha value is -2.95. The minimum absolute atomic E-state index is 0.0406. The molecule has 10 heteroatoms. The standard InChI is InChI=1S/C23H18BrN3O4S2/c1-31-18-8-7-14(11-17(18)24)21-15(13-27(25-21)16-5-3-2-4-6-16)12-19-22(30)26(23(32)33-19)10-9-20(28)29/h2-8,11-13H,9-10H2,1H3,(H,28,29). The second kappa shape index (κ2) is 9.90. The van der Waals surface area contributed by atoms with Gasteiger partial charge in [0, 0.05) is 23.9 Å². The summed E-state index contributed by atoms with van der Waals surface area (Å²) in [7, 11) is 1.60. The number of rotatable bonds is 7. The molecule has 1 aliphatic heterocycles. The fraction of sp³-hybridized carbons (Fsp3) is 0.130. The van der Waals surface area contributed by atoms with Crippen LogP contribution < -0.4 is 4.74 Å². The Labute approximate surface area is 208 Å². The zero-order chi connectivity index (χ0) is 23.5. The van der Waals surface area contributed by atoms with E-state index in [-0.39, 0.29) is 18.9 Å². The number of aromatic nitrogens is 2. The predicted octanol–water partition coefficient (Wildman–Crippen LogP) is 4.99. The van der Waals surface area contributed by atoms with Crippen molar-refractivity contribution in [1.82, 2.24) is 14.7 Å². The molecular formula is C23H18BrN3O4S2. The smallest absolute Gasteiger partial charge is 0.305 e. The Balaban J connectivity index is 1.76. The largest absolute Gasteiger partial charge is 0.496 e. The third-order valence-electron chi connectivity index (χ3n) is 4.90. The first-order chi connectivity index (χ1) is 15.9. The number of aliphatic carboxylic acids is 1. The highest BCUT2D eigenvalue weighted by Crippen LogP contribution is 2.36. The molecule has 0 unspecified atom stereocenters. The zero-order valence-electron chi connectivity index (χ0n) is 17.4. The van der Waals surface area contributed by atoms with E-state index >= 15 is 0 Å². The molecule has 168 valence electrons. The Morgan fingerprint density at radius 2 is 2.03 bits per heavy atom. The van der Waals surface area contributed by atoms with Gasteiger partial charge in [-0.05, 0) is 52.3 Å². The van der Waals surface area contributed by atoms with Gasteiger partial charge in [0.05, 0.1) is 28.6 Å². The lowest BCUT2D eigenvalue weighted by Crippen LogP contribution is -2.30. The maximum Gasteiger partial charge on any atom is 0.305 e. The number of thioether (sulfide) groups is 1. The van der Waals surface area contributed by atoms with E-state index < -0.39 is 5.97 Å². The first kappa shape index (κ1) is 23.2. The van der Waals surface area contributed by atoms with Crippen molar-refractivity contribution in [3.63, 3.8) is 0 Å². The van der Waals surface area contributed by atoms with Crippen LogP contribution in [-0.4, -0.2) is 49.6 Å². The molecule has 1 N–H and O–H groups in total. The van der Waals surface area contributed by atoms with Crippen molar-refractivity contribution < 1.29 is 19.4 Å². The van der Waals surface area contributed by atoms with Crippen LogP contribution in [0.4, 0.5) is 0 Å². The first-order valence-electron chi connectivity index (χ1n) is 9.83. The number of methoxy groups -OCH3 is 1. The highest BCUT2D eigenvalue weighted by atomic mass is 79.9. The van der Waals surface area contributed by atoms with Crippen LogP contribution in [0.25, 0.3) is 23.0 Å². The number of ether oxygens (including phenoxy) is 1. The molecule has 0 radical (unpaired) electrons. The van der Waals surface area contributed by atoms with Crippen molar-refractivity contribution in [1.29, 1.82) is 0 Å². The molecule has 33 heavy (non-hydrogen) atoms. The molecule has 1 aromatic heterocycles. The Morgan fingerprint density at radius 1 is 1.27 bits per heavy atom. The number of carbonyl (C=O) groups is 2. The quantitative estimate of drug-likeness (QED) is 0.332. The van der Waals surface area contributed by atoms with E-state index in [1.807, 2.05) is 54.7 Å². The number of nitrogens with zero attached hydrogens (tertiary/aromatic N) is 3. The fourth-order valence-electron chi connectivity index (χ4n) is 3.29. The van der Waals surface area contributed by atoms with E-state index in [1.54, 1.807) is 17.9 Å². The molecule has 3 aromatic rings. The maximum absolute atomic E-state index is 12.9. The molecule has 4 rings (SSSR count). The summed E-state index contributed by atoms with van der Waals surface area (Å²) in [5.41, 5.74) is 3.12. The molecule has 1 saturated heterocycles. The highest BCUT2D eigenvalue weighted by Gasteiger charge is 2.32. The minimum Gasteiger partial charge on any atom is -0.496 e. The van der Waals surface area contributed by atoms with Gasteiger partial charge in [-0.15, -0.1) is 0 Å². The molecular weight excluding hydrogens is 526 g/mol. The Kier molecular flexibility index (Phi) is 6.96. The number of hydrogen-bond donors (Lipinski definition) is 1. The molecule has 2 heterocycles. The minimum atomic E-state index is -0.982. The van der Waals surface area contributed by atoms with Gasteiger partial charge in [-0.25, -0.2) is 4.68 Å². The molecule has 0 bridgehead atoms. The molecule has 0 spiro atoms. The third-order valence-corrected chi connectivity index (χ3v) is 6.90. The number of hydrogen-bond acceptors (Lipinski definition) is 6. The summed E-state index contributed by atoms with van der Waals surface area (Å²) in [5, 5.41) is 13.7. The van der Waals surface area contributed by atoms with Crippen molar-refractivity contribution >= 4 is 62.2 Å². The van der Waals surface area contributed by atoms with E-state index in [2.05, 4.69) is 15.9 Å². The molecule has 0 saturated carbocycles. The van der Waals surface area contributed by atoms with Crippen molar-refractivity contribution in [2.75, 3.05) is 13.7 Å².